The molecule has 0 bridgehead atoms. The van der Waals surface area contributed by atoms with Crippen LogP contribution in [0, 0.1) is 16.7 Å². The van der Waals surface area contributed by atoms with Crippen molar-refractivity contribution in [3.05, 3.63) is 59.7 Å². The van der Waals surface area contributed by atoms with Crippen LogP contribution in [-0.4, -0.2) is 11.7 Å². The maximum Gasteiger partial charge on any atom is 0.0689 e. The summed E-state index contributed by atoms with van der Waals surface area (Å²) in [5, 5.41) is 18.9. The molecule has 0 spiro atoms. The Bertz CT molecular complexity index is 787. The predicted octanol–water partition coefficient (Wildman–Crippen LogP) is 7.03. The quantitative estimate of drug-likeness (QED) is 0.468. The lowest BCUT2D eigenvalue weighted by atomic mass is 9.66. The number of hydrogen-bond donors (Lipinski definition) is 1. The van der Waals surface area contributed by atoms with Gasteiger partial charge in [0.1, 0.15) is 0 Å². The number of unbranched alkanes of at least 4 members (excludes halogenated alkanes) is 2. The van der Waals surface area contributed by atoms with Gasteiger partial charge >= 0.3 is 0 Å². The van der Waals surface area contributed by atoms with Crippen molar-refractivity contribution in [2.45, 2.75) is 77.0 Å². The minimum atomic E-state index is -0.174. The molecule has 1 N–H and O–H groups in total. The highest BCUT2D eigenvalue weighted by Crippen LogP contribution is 2.46. The molecule has 3 rings (SSSR count). The first-order chi connectivity index (χ1) is 14.2. The van der Waals surface area contributed by atoms with Crippen molar-refractivity contribution in [2.75, 3.05) is 6.61 Å². The van der Waals surface area contributed by atoms with E-state index in [0.717, 1.165) is 51.4 Å². The Labute approximate surface area is 176 Å². The van der Waals surface area contributed by atoms with Gasteiger partial charge in [0.05, 0.1) is 11.5 Å². The van der Waals surface area contributed by atoms with E-state index in [1.165, 1.54) is 35.1 Å². The second-order valence-corrected chi connectivity index (χ2v) is 8.79. The van der Waals surface area contributed by atoms with Crippen molar-refractivity contribution in [2.24, 2.45) is 5.41 Å². The number of rotatable bonds is 9. The maximum absolute atomic E-state index is 9.92. The summed E-state index contributed by atoms with van der Waals surface area (Å²) < 4.78 is 0. The second-order valence-electron chi connectivity index (χ2n) is 8.79. The van der Waals surface area contributed by atoms with Gasteiger partial charge in [0.2, 0.25) is 0 Å². The molecule has 154 valence electrons. The van der Waals surface area contributed by atoms with Gasteiger partial charge in [0.15, 0.2) is 0 Å². The van der Waals surface area contributed by atoms with Crippen LogP contribution < -0.4 is 0 Å². The molecule has 1 aliphatic rings. The molecule has 1 fully saturated rings. The molecule has 0 aromatic heterocycles. The van der Waals surface area contributed by atoms with E-state index < -0.39 is 0 Å². The summed E-state index contributed by atoms with van der Waals surface area (Å²) in [7, 11) is 0. The van der Waals surface area contributed by atoms with Crippen molar-refractivity contribution in [1.82, 2.24) is 0 Å². The molecule has 1 aliphatic carbocycles. The van der Waals surface area contributed by atoms with Crippen molar-refractivity contribution < 1.29 is 5.11 Å². The first kappa shape index (κ1) is 21.6. The van der Waals surface area contributed by atoms with E-state index in [1.54, 1.807) is 0 Å². The molecular weight excluding hydrogens is 354 g/mol. The van der Waals surface area contributed by atoms with Crippen LogP contribution in [0.1, 0.15) is 81.8 Å². The summed E-state index contributed by atoms with van der Waals surface area (Å²) in [6.07, 6.45) is 10.6. The fourth-order valence-electron chi connectivity index (χ4n) is 4.88. The van der Waals surface area contributed by atoms with E-state index in [-0.39, 0.29) is 12.0 Å². The standard InChI is InChI=1S/C27H35NO/c1-2-7-22-9-11-23(12-10-22)24-13-15-25(16-14-24)26-8-6-18-27(20-26,21-28)17-4-3-5-19-29/h9-16,26,29H,2-8,17-20H2,1H3. The zero-order valence-electron chi connectivity index (χ0n) is 17.9. The lowest BCUT2D eigenvalue weighted by molar-refractivity contribution is 0.214. The number of nitrogens with zero attached hydrogens (tertiary/aromatic N) is 1. The van der Waals surface area contributed by atoms with Crippen LogP contribution in [-0.2, 0) is 6.42 Å². The SMILES string of the molecule is CCCc1ccc(-c2ccc(C3CCCC(C#N)(CCCCCO)C3)cc2)cc1. The third-order valence-corrected chi connectivity index (χ3v) is 6.60. The van der Waals surface area contributed by atoms with Gasteiger partial charge in [-0.15, -0.1) is 0 Å². The average Bonchev–Trinajstić information content (AvgIpc) is 2.78. The smallest absolute Gasteiger partial charge is 0.0689 e. The summed E-state index contributed by atoms with van der Waals surface area (Å²) in [6.45, 7) is 2.48. The predicted molar refractivity (Wildman–Crippen MR) is 121 cm³/mol. The molecule has 1 saturated carbocycles. The monoisotopic (exact) mass is 389 g/mol. The Balaban J connectivity index is 1.66. The number of benzene rings is 2. The Kier molecular flexibility index (Phi) is 7.90. The number of nitriles is 1. The molecule has 0 heterocycles. The summed E-state index contributed by atoms with van der Waals surface area (Å²) in [5.74, 6) is 0.488. The molecule has 0 aliphatic heterocycles. The molecular formula is C27H35NO. The van der Waals surface area contributed by atoms with Gasteiger partial charge in [-0.1, -0.05) is 81.1 Å². The fraction of sp³-hybridized carbons (Fsp3) is 0.519. The molecule has 2 heteroatoms. The number of hydrogen-bond acceptors (Lipinski definition) is 2. The minimum Gasteiger partial charge on any atom is -0.396 e. The van der Waals surface area contributed by atoms with Gasteiger partial charge in [-0.3, -0.25) is 0 Å². The normalized spacial score (nSPS) is 21.6. The van der Waals surface area contributed by atoms with Gasteiger partial charge in [-0.25, -0.2) is 0 Å². The molecule has 0 radical (unpaired) electrons. The zero-order chi connectivity index (χ0) is 20.5. The highest BCUT2D eigenvalue weighted by molar-refractivity contribution is 5.64. The van der Waals surface area contributed by atoms with Crippen LogP contribution in [0.4, 0.5) is 0 Å². The Morgan fingerprint density at radius 1 is 1.00 bits per heavy atom. The first-order valence-corrected chi connectivity index (χ1v) is 11.4. The summed E-state index contributed by atoms with van der Waals surface area (Å²) in [6, 6.07) is 20.7. The van der Waals surface area contributed by atoms with Crippen LogP contribution in [0.5, 0.6) is 0 Å². The van der Waals surface area contributed by atoms with E-state index in [2.05, 4.69) is 61.5 Å². The molecule has 0 saturated heterocycles. The highest BCUT2D eigenvalue weighted by atomic mass is 16.2. The molecule has 2 aromatic rings. The van der Waals surface area contributed by atoms with Crippen LogP contribution in [0.2, 0.25) is 0 Å². The van der Waals surface area contributed by atoms with Gasteiger partial charge in [-0.05, 0) is 66.7 Å². The highest BCUT2D eigenvalue weighted by Gasteiger charge is 2.36. The molecule has 29 heavy (non-hydrogen) atoms. The van der Waals surface area contributed by atoms with Gasteiger partial charge in [0.25, 0.3) is 0 Å². The Morgan fingerprint density at radius 3 is 2.31 bits per heavy atom. The number of aliphatic hydroxyl groups excluding tert-OH is 1. The Hall–Kier alpha value is -2.11. The van der Waals surface area contributed by atoms with E-state index in [0.29, 0.717) is 5.92 Å². The Morgan fingerprint density at radius 2 is 1.69 bits per heavy atom. The maximum atomic E-state index is 9.92. The third-order valence-electron chi connectivity index (χ3n) is 6.60. The fourth-order valence-corrected chi connectivity index (χ4v) is 4.88. The van der Waals surface area contributed by atoms with Gasteiger partial charge in [0, 0.05) is 6.61 Å². The van der Waals surface area contributed by atoms with Crippen molar-refractivity contribution in [1.29, 1.82) is 5.26 Å². The number of aliphatic hydroxyl groups is 1. The molecule has 0 amide bonds. The third kappa shape index (κ3) is 5.71. The molecule has 2 nitrogen and oxygen atoms in total. The van der Waals surface area contributed by atoms with Gasteiger partial charge in [-0.2, -0.15) is 5.26 Å². The molecule has 2 aromatic carbocycles. The van der Waals surface area contributed by atoms with E-state index in [1.807, 2.05) is 0 Å². The lowest BCUT2D eigenvalue weighted by Crippen LogP contribution is -2.26. The first-order valence-electron chi connectivity index (χ1n) is 11.4. The van der Waals surface area contributed by atoms with Gasteiger partial charge < -0.3 is 5.11 Å². The van der Waals surface area contributed by atoms with E-state index in [4.69, 9.17) is 5.11 Å². The van der Waals surface area contributed by atoms with Crippen LogP contribution in [0.25, 0.3) is 11.1 Å². The van der Waals surface area contributed by atoms with Crippen LogP contribution >= 0.6 is 0 Å². The number of aryl methyl sites for hydroxylation is 1. The van der Waals surface area contributed by atoms with E-state index in [9.17, 15) is 5.26 Å². The zero-order valence-corrected chi connectivity index (χ0v) is 17.9. The summed E-state index contributed by atoms with van der Waals surface area (Å²) in [4.78, 5) is 0. The van der Waals surface area contributed by atoms with Crippen LogP contribution in [0.3, 0.4) is 0 Å². The largest absolute Gasteiger partial charge is 0.396 e. The second kappa shape index (κ2) is 10.6. The van der Waals surface area contributed by atoms with Crippen molar-refractivity contribution in [3.8, 4) is 17.2 Å². The summed E-state index contributed by atoms with van der Waals surface area (Å²) in [5.41, 5.74) is 5.15. The lowest BCUT2D eigenvalue weighted by Gasteiger charge is -2.36. The van der Waals surface area contributed by atoms with E-state index >= 15 is 0 Å². The topological polar surface area (TPSA) is 44.0 Å². The summed E-state index contributed by atoms with van der Waals surface area (Å²) >= 11 is 0. The average molecular weight is 390 g/mol. The van der Waals surface area contributed by atoms with Crippen molar-refractivity contribution >= 4 is 0 Å². The van der Waals surface area contributed by atoms with Crippen molar-refractivity contribution in [3.63, 3.8) is 0 Å². The molecule has 2 unspecified atom stereocenters. The minimum absolute atomic E-state index is 0.174. The van der Waals surface area contributed by atoms with Crippen LogP contribution in [0.15, 0.2) is 48.5 Å². The molecule has 2 atom stereocenters.